The normalized spacial score (nSPS) is 15.2. The van der Waals surface area contributed by atoms with Crippen molar-refractivity contribution in [3.8, 4) is 0 Å². The lowest BCUT2D eigenvalue weighted by Gasteiger charge is -2.37. The van der Waals surface area contributed by atoms with Crippen molar-refractivity contribution in [3.63, 3.8) is 0 Å². The van der Waals surface area contributed by atoms with Gasteiger partial charge in [-0.05, 0) is 32.0 Å². The van der Waals surface area contributed by atoms with Gasteiger partial charge in [0.2, 0.25) is 0 Å². The van der Waals surface area contributed by atoms with E-state index in [1.54, 1.807) is 6.20 Å². The molecule has 5 nitrogen and oxygen atoms in total. The lowest BCUT2D eigenvalue weighted by molar-refractivity contribution is 0.501. The van der Waals surface area contributed by atoms with E-state index in [1.165, 1.54) is 4.68 Å². The minimum Gasteiger partial charge on any atom is -0.368 e. The third-order valence-corrected chi connectivity index (χ3v) is 4.80. The van der Waals surface area contributed by atoms with Crippen molar-refractivity contribution in [2.45, 2.75) is 19.9 Å². The lowest BCUT2D eigenvalue weighted by Crippen LogP contribution is -2.47. The number of hydrogen-bond acceptors (Lipinski definition) is 4. The first-order chi connectivity index (χ1) is 11.5. The van der Waals surface area contributed by atoms with Crippen molar-refractivity contribution in [2.75, 3.05) is 36.0 Å². The Morgan fingerprint density at radius 2 is 1.75 bits per heavy atom. The van der Waals surface area contributed by atoms with Crippen LogP contribution in [-0.4, -0.2) is 36.0 Å². The largest absolute Gasteiger partial charge is 0.368 e. The van der Waals surface area contributed by atoms with E-state index in [1.807, 2.05) is 32.0 Å². The molecule has 24 heavy (non-hydrogen) atoms. The molecule has 3 rings (SSSR count). The third kappa shape index (κ3) is 3.37. The molecular formula is C17H20Cl2N4O. The summed E-state index contributed by atoms with van der Waals surface area (Å²) in [6.07, 6.45) is 1.69. The van der Waals surface area contributed by atoms with Gasteiger partial charge in [0.25, 0.3) is 5.56 Å². The first kappa shape index (κ1) is 17.1. The summed E-state index contributed by atoms with van der Waals surface area (Å²) in [6, 6.07) is 7.84. The average Bonchev–Trinajstić information content (AvgIpc) is 2.57. The van der Waals surface area contributed by atoms with Crippen molar-refractivity contribution in [1.82, 2.24) is 9.78 Å². The summed E-state index contributed by atoms with van der Waals surface area (Å²) in [5.74, 6) is 0. The number of hydrogen-bond donors (Lipinski definition) is 0. The van der Waals surface area contributed by atoms with E-state index in [4.69, 9.17) is 23.2 Å². The predicted octanol–water partition coefficient (Wildman–Crippen LogP) is 3.46. The Kier molecular flexibility index (Phi) is 5.01. The molecule has 1 aliphatic rings. The fourth-order valence-electron chi connectivity index (χ4n) is 2.90. The molecule has 2 heterocycles. The van der Waals surface area contributed by atoms with Gasteiger partial charge in [-0.1, -0.05) is 29.3 Å². The molecule has 0 unspecified atom stereocenters. The van der Waals surface area contributed by atoms with E-state index in [-0.39, 0.29) is 16.6 Å². The zero-order chi connectivity index (χ0) is 17.3. The van der Waals surface area contributed by atoms with Gasteiger partial charge in [0.1, 0.15) is 5.02 Å². The molecule has 0 bridgehead atoms. The standard InChI is InChI=1S/C17H20Cl2N4O/c1-12(2)23-17(24)16(19)15(11-20-23)22-8-6-21(7-9-22)14-5-3-4-13(18)10-14/h3-5,10-12H,6-9H2,1-2H3. The molecule has 1 aromatic heterocycles. The van der Waals surface area contributed by atoms with Crippen molar-refractivity contribution in [3.05, 3.63) is 50.9 Å². The van der Waals surface area contributed by atoms with Gasteiger partial charge in [0.15, 0.2) is 0 Å². The maximum atomic E-state index is 12.3. The first-order valence-corrected chi connectivity index (χ1v) is 8.75. The maximum Gasteiger partial charge on any atom is 0.287 e. The smallest absolute Gasteiger partial charge is 0.287 e. The molecule has 1 aliphatic heterocycles. The van der Waals surface area contributed by atoms with Gasteiger partial charge in [-0.25, -0.2) is 4.68 Å². The van der Waals surface area contributed by atoms with E-state index < -0.39 is 0 Å². The number of nitrogens with zero attached hydrogens (tertiary/aromatic N) is 4. The van der Waals surface area contributed by atoms with E-state index in [2.05, 4.69) is 21.0 Å². The number of benzene rings is 1. The van der Waals surface area contributed by atoms with Crippen LogP contribution in [-0.2, 0) is 0 Å². The van der Waals surface area contributed by atoms with Crippen LogP contribution >= 0.6 is 23.2 Å². The van der Waals surface area contributed by atoms with Crippen molar-refractivity contribution in [2.24, 2.45) is 0 Å². The summed E-state index contributed by atoms with van der Waals surface area (Å²) in [5.41, 5.74) is 1.59. The van der Waals surface area contributed by atoms with Crippen LogP contribution in [0.3, 0.4) is 0 Å². The topological polar surface area (TPSA) is 41.4 Å². The van der Waals surface area contributed by atoms with Gasteiger partial charge in [-0.2, -0.15) is 5.10 Å². The fraction of sp³-hybridized carbons (Fsp3) is 0.412. The second-order valence-electron chi connectivity index (χ2n) is 6.14. The summed E-state index contributed by atoms with van der Waals surface area (Å²) in [6.45, 7) is 7.05. The van der Waals surface area contributed by atoms with Gasteiger partial charge >= 0.3 is 0 Å². The molecule has 0 N–H and O–H groups in total. The molecule has 0 saturated carbocycles. The second kappa shape index (κ2) is 7.03. The molecule has 0 radical (unpaired) electrons. The van der Waals surface area contributed by atoms with Gasteiger partial charge in [0.05, 0.1) is 17.9 Å². The van der Waals surface area contributed by atoms with Crippen LogP contribution in [0.15, 0.2) is 35.3 Å². The highest BCUT2D eigenvalue weighted by molar-refractivity contribution is 6.33. The SMILES string of the molecule is CC(C)n1ncc(N2CCN(c3cccc(Cl)c3)CC2)c(Cl)c1=O. The van der Waals surface area contributed by atoms with E-state index in [9.17, 15) is 4.79 Å². The molecule has 2 aromatic rings. The van der Waals surface area contributed by atoms with E-state index >= 15 is 0 Å². The summed E-state index contributed by atoms with van der Waals surface area (Å²) in [4.78, 5) is 16.7. The third-order valence-electron chi connectivity index (χ3n) is 4.21. The zero-order valence-electron chi connectivity index (χ0n) is 13.7. The number of piperazine rings is 1. The molecule has 0 amide bonds. The molecule has 1 aromatic carbocycles. The fourth-order valence-corrected chi connectivity index (χ4v) is 3.34. The number of rotatable bonds is 3. The Bertz CT molecular complexity index is 782. The van der Waals surface area contributed by atoms with Crippen molar-refractivity contribution >= 4 is 34.6 Å². The number of anilines is 2. The van der Waals surface area contributed by atoms with Gasteiger partial charge in [-0.15, -0.1) is 0 Å². The van der Waals surface area contributed by atoms with Crippen LogP contribution in [0.5, 0.6) is 0 Å². The Hall–Kier alpha value is -1.72. The van der Waals surface area contributed by atoms with Gasteiger partial charge in [-0.3, -0.25) is 4.79 Å². The molecule has 1 fully saturated rings. The summed E-state index contributed by atoms with van der Waals surface area (Å²) in [7, 11) is 0. The van der Waals surface area contributed by atoms with E-state index in [0.717, 1.165) is 36.9 Å². The summed E-state index contributed by atoms with van der Waals surface area (Å²) < 4.78 is 1.41. The molecular weight excluding hydrogens is 347 g/mol. The highest BCUT2D eigenvalue weighted by Crippen LogP contribution is 2.25. The quantitative estimate of drug-likeness (QED) is 0.833. The van der Waals surface area contributed by atoms with E-state index in [0.29, 0.717) is 5.69 Å². The first-order valence-electron chi connectivity index (χ1n) is 8.00. The van der Waals surface area contributed by atoms with Crippen molar-refractivity contribution < 1.29 is 0 Å². The summed E-state index contributed by atoms with van der Waals surface area (Å²) >= 11 is 12.4. The van der Waals surface area contributed by atoms with Crippen LogP contribution in [0.4, 0.5) is 11.4 Å². The minimum absolute atomic E-state index is 0.0104. The maximum absolute atomic E-state index is 12.3. The highest BCUT2D eigenvalue weighted by atomic mass is 35.5. The summed E-state index contributed by atoms with van der Waals surface area (Å²) in [5, 5.41) is 5.23. The number of halogens is 2. The monoisotopic (exact) mass is 366 g/mol. The van der Waals surface area contributed by atoms with Crippen LogP contribution in [0.1, 0.15) is 19.9 Å². The average molecular weight is 367 g/mol. The van der Waals surface area contributed by atoms with Crippen molar-refractivity contribution in [1.29, 1.82) is 0 Å². The molecule has 1 saturated heterocycles. The molecule has 0 atom stereocenters. The predicted molar refractivity (Wildman–Crippen MR) is 99.8 cm³/mol. The zero-order valence-corrected chi connectivity index (χ0v) is 15.3. The van der Waals surface area contributed by atoms with Crippen LogP contribution in [0, 0.1) is 0 Å². The molecule has 0 spiro atoms. The Morgan fingerprint density at radius 1 is 1.08 bits per heavy atom. The minimum atomic E-state index is -0.235. The number of aromatic nitrogens is 2. The van der Waals surface area contributed by atoms with Gasteiger partial charge < -0.3 is 9.80 Å². The Labute approximate surface area is 151 Å². The molecule has 7 heteroatoms. The second-order valence-corrected chi connectivity index (χ2v) is 6.96. The Morgan fingerprint density at radius 3 is 2.38 bits per heavy atom. The highest BCUT2D eigenvalue weighted by Gasteiger charge is 2.22. The van der Waals surface area contributed by atoms with Gasteiger partial charge in [0, 0.05) is 36.9 Å². The Balaban J connectivity index is 1.75. The van der Waals surface area contributed by atoms with Crippen LogP contribution < -0.4 is 15.4 Å². The molecule has 0 aliphatic carbocycles. The van der Waals surface area contributed by atoms with Crippen LogP contribution in [0.2, 0.25) is 10.0 Å². The molecule has 128 valence electrons. The lowest BCUT2D eigenvalue weighted by atomic mass is 10.2. The van der Waals surface area contributed by atoms with Crippen LogP contribution in [0.25, 0.3) is 0 Å².